The molecule has 1 atom stereocenters. The van der Waals surface area contributed by atoms with Crippen LogP contribution < -0.4 is 0 Å². The van der Waals surface area contributed by atoms with Crippen molar-refractivity contribution in [1.29, 1.82) is 0 Å². The Kier molecular flexibility index (Phi) is 5.48. The summed E-state index contributed by atoms with van der Waals surface area (Å²) in [5.74, 6) is -1.61. The maximum Gasteiger partial charge on any atom is 0.471 e. The first-order valence-corrected chi connectivity index (χ1v) is 9.62. The number of amides is 1. The zero-order valence-corrected chi connectivity index (χ0v) is 16.0. The molecule has 1 saturated heterocycles. The average Bonchev–Trinajstić information content (AvgIpc) is 2.79. The molecule has 1 aliphatic heterocycles. The minimum atomic E-state index is -4.88. The summed E-state index contributed by atoms with van der Waals surface area (Å²) in [6.45, 7) is 0.0672. The van der Waals surface area contributed by atoms with Gasteiger partial charge in [-0.2, -0.15) is 13.2 Å². The smallest absolute Gasteiger partial charge is 0.334 e. The van der Waals surface area contributed by atoms with Crippen molar-refractivity contribution in [2.24, 2.45) is 0 Å². The van der Waals surface area contributed by atoms with Crippen molar-refractivity contribution in [3.63, 3.8) is 0 Å². The fourth-order valence-electron chi connectivity index (χ4n) is 3.75. The summed E-state index contributed by atoms with van der Waals surface area (Å²) in [6.07, 6.45) is 1.23. The molecule has 8 heteroatoms. The van der Waals surface area contributed by atoms with Crippen molar-refractivity contribution in [3.8, 4) is 22.5 Å². The van der Waals surface area contributed by atoms with Gasteiger partial charge in [-0.25, -0.2) is 9.97 Å². The number of alkyl halides is 3. The number of likely N-dealkylation sites (tertiary alicyclic amines) is 1. The highest BCUT2D eigenvalue weighted by Crippen LogP contribution is 2.35. The molecule has 0 unspecified atom stereocenters. The van der Waals surface area contributed by atoms with Crippen LogP contribution in [0, 0.1) is 0 Å². The van der Waals surface area contributed by atoms with Gasteiger partial charge in [0.2, 0.25) is 0 Å². The van der Waals surface area contributed by atoms with E-state index in [1.165, 1.54) is 0 Å². The molecule has 3 aromatic rings. The summed E-state index contributed by atoms with van der Waals surface area (Å²) in [6, 6.07) is 13.0. The predicted molar refractivity (Wildman–Crippen MR) is 105 cm³/mol. The molecule has 1 amide bonds. The number of pyridine rings is 1. The Bertz CT molecular complexity index is 1030. The molecule has 0 radical (unpaired) electrons. The largest absolute Gasteiger partial charge is 0.471 e. The molecule has 2 aromatic heterocycles. The SMILES string of the molecule is O=C(N1CCC[C@H](c2nc(-c3ccccc3)ncc2-c2ccncc2)C1)C(F)(F)F. The summed E-state index contributed by atoms with van der Waals surface area (Å²) >= 11 is 0. The van der Waals surface area contributed by atoms with Gasteiger partial charge in [0.1, 0.15) is 0 Å². The fraction of sp³-hybridized carbons (Fsp3) is 0.273. The first-order chi connectivity index (χ1) is 14.4. The standard InChI is InChI=1S/C22H19F3N4O/c23-22(24,25)21(30)29-12-4-7-17(14-29)19-18(15-8-10-26-11-9-15)13-27-20(28-19)16-5-2-1-3-6-16/h1-3,5-6,8-11,13,17H,4,7,12,14H2/t17-/m0/s1. The molecule has 1 fully saturated rings. The second-order valence-electron chi connectivity index (χ2n) is 7.18. The van der Waals surface area contributed by atoms with E-state index in [2.05, 4.69) is 9.97 Å². The highest BCUT2D eigenvalue weighted by Gasteiger charge is 2.44. The lowest BCUT2D eigenvalue weighted by molar-refractivity contribution is -0.186. The molecule has 0 saturated carbocycles. The third kappa shape index (κ3) is 4.17. The highest BCUT2D eigenvalue weighted by molar-refractivity contribution is 5.82. The van der Waals surface area contributed by atoms with Crippen LogP contribution in [0.4, 0.5) is 13.2 Å². The number of nitrogens with zero attached hydrogens (tertiary/aromatic N) is 4. The van der Waals surface area contributed by atoms with Crippen LogP contribution in [0.25, 0.3) is 22.5 Å². The van der Waals surface area contributed by atoms with Gasteiger partial charge in [0.15, 0.2) is 5.82 Å². The lowest BCUT2D eigenvalue weighted by Gasteiger charge is -2.33. The summed E-state index contributed by atoms with van der Waals surface area (Å²) in [5.41, 5.74) is 3.04. The number of benzene rings is 1. The zero-order valence-electron chi connectivity index (χ0n) is 16.0. The van der Waals surface area contributed by atoms with Crippen molar-refractivity contribution < 1.29 is 18.0 Å². The van der Waals surface area contributed by atoms with Crippen molar-refractivity contribution in [1.82, 2.24) is 19.9 Å². The molecular formula is C22H19F3N4O. The van der Waals surface area contributed by atoms with E-state index >= 15 is 0 Å². The van der Waals surface area contributed by atoms with Gasteiger partial charge in [0.05, 0.1) is 5.69 Å². The summed E-state index contributed by atoms with van der Waals surface area (Å²) < 4.78 is 38.9. The van der Waals surface area contributed by atoms with E-state index in [1.807, 2.05) is 42.5 Å². The van der Waals surface area contributed by atoms with Crippen LogP contribution >= 0.6 is 0 Å². The summed E-state index contributed by atoms with van der Waals surface area (Å²) in [4.78, 5) is 25.9. The second kappa shape index (κ2) is 8.22. The van der Waals surface area contributed by atoms with Gasteiger partial charge in [0.25, 0.3) is 0 Å². The van der Waals surface area contributed by atoms with Crippen molar-refractivity contribution >= 4 is 5.91 Å². The van der Waals surface area contributed by atoms with E-state index in [1.54, 1.807) is 18.6 Å². The number of carbonyl (C=O) groups excluding carboxylic acids is 1. The van der Waals surface area contributed by atoms with E-state index in [0.717, 1.165) is 21.6 Å². The van der Waals surface area contributed by atoms with Crippen LogP contribution in [0.3, 0.4) is 0 Å². The zero-order chi connectivity index (χ0) is 21.1. The van der Waals surface area contributed by atoms with Gasteiger partial charge < -0.3 is 4.90 Å². The van der Waals surface area contributed by atoms with Crippen LogP contribution in [-0.4, -0.2) is 45.0 Å². The van der Waals surface area contributed by atoms with Crippen LogP contribution in [0.5, 0.6) is 0 Å². The van der Waals surface area contributed by atoms with Gasteiger partial charge in [-0.3, -0.25) is 9.78 Å². The molecule has 0 bridgehead atoms. The second-order valence-corrected chi connectivity index (χ2v) is 7.18. The Labute approximate surface area is 171 Å². The molecule has 3 heterocycles. The Morgan fingerprint density at radius 2 is 1.77 bits per heavy atom. The van der Waals surface area contributed by atoms with Crippen molar-refractivity contribution in [3.05, 3.63) is 66.7 Å². The lowest BCUT2D eigenvalue weighted by atomic mass is 9.90. The molecule has 30 heavy (non-hydrogen) atoms. The van der Waals surface area contributed by atoms with E-state index in [-0.39, 0.29) is 19.0 Å². The number of hydrogen-bond acceptors (Lipinski definition) is 4. The number of carbonyl (C=O) groups is 1. The Balaban J connectivity index is 1.75. The fourth-order valence-corrected chi connectivity index (χ4v) is 3.75. The molecule has 5 nitrogen and oxygen atoms in total. The molecule has 0 aliphatic carbocycles. The minimum absolute atomic E-state index is 0.0261. The van der Waals surface area contributed by atoms with Crippen molar-refractivity contribution in [2.45, 2.75) is 24.9 Å². The van der Waals surface area contributed by atoms with E-state index in [4.69, 9.17) is 4.98 Å². The summed E-state index contributed by atoms with van der Waals surface area (Å²) in [5, 5.41) is 0. The monoisotopic (exact) mass is 412 g/mol. The topological polar surface area (TPSA) is 59.0 Å². The van der Waals surface area contributed by atoms with Crippen LogP contribution in [-0.2, 0) is 4.79 Å². The maximum absolute atomic E-state index is 13.0. The number of aromatic nitrogens is 3. The van der Waals surface area contributed by atoms with E-state index in [9.17, 15) is 18.0 Å². The quantitative estimate of drug-likeness (QED) is 0.637. The van der Waals surface area contributed by atoms with Crippen LogP contribution in [0.2, 0.25) is 0 Å². The normalized spacial score (nSPS) is 17.0. The maximum atomic E-state index is 13.0. The first kappa shape index (κ1) is 20.0. The van der Waals surface area contributed by atoms with Gasteiger partial charge in [-0.15, -0.1) is 0 Å². The Morgan fingerprint density at radius 1 is 1.03 bits per heavy atom. The number of halogens is 3. The van der Waals surface area contributed by atoms with Gasteiger partial charge in [-0.1, -0.05) is 30.3 Å². The van der Waals surface area contributed by atoms with Gasteiger partial charge >= 0.3 is 12.1 Å². The van der Waals surface area contributed by atoms with Gasteiger partial charge in [-0.05, 0) is 30.5 Å². The lowest BCUT2D eigenvalue weighted by Crippen LogP contribution is -2.46. The average molecular weight is 412 g/mol. The van der Waals surface area contributed by atoms with Gasteiger partial charge in [0, 0.05) is 48.7 Å². The molecule has 154 valence electrons. The van der Waals surface area contributed by atoms with Crippen LogP contribution in [0.15, 0.2) is 61.1 Å². The highest BCUT2D eigenvalue weighted by atomic mass is 19.4. The first-order valence-electron chi connectivity index (χ1n) is 9.62. The molecular weight excluding hydrogens is 393 g/mol. The molecule has 1 aliphatic rings. The molecule has 4 rings (SSSR count). The predicted octanol–water partition coefficient (Wildman–Crippen LogP) is 4.47. The molecule has 0 N–H and O–H groups in total. The minimum Gasteiger partial charge on any atom is -0.334 e. The van der Waals surface area contributed by atoms with Crippen LogP contribution in [0.1, 0.15) is 24.5 Å². The van der Waals surface area contributed by atoms with E-state index in [0.29, 0.717) is 24.4 Å². The molecule has 0 spiro atoms. The Hall–Kier alpha value is -3.29. The van der Waals surface area contributed by atoms with Crippen molar-refractivity contribution in [2.75, 3.05) is 13.1 Å². The van der Waals surface area contributed by atoms with E-state index < -0.39 is 12.1 Å². The number of hydrogen-bond donors (Lipinski definition) is 0. The summed E-state index contributed by atoms with van der Waals surface area (Å²) in [7, 11) is 0. The number of piperidine rings is 1. The Morgan fingerprint density at radius 3 is 2.47 bits per heavy atom. The third-order valence-electron chi connectivity index (χ3n) is 5.18. The number of rotatable bonds is 3. The molecule has 1 aromatic carbocycles. The third-order valence-corrected chi connectivity index (χ3v) is 5.18.